The molecule has 1 fully saturated rings. The van der Waals surface area contributed by atoms with E-state index in [0.717, 1.165) is 17.0 Å². The molecule has 1 aliphatic rings. The number of nitrogens with one attached hydrogen (secondary N) is 2. The molecule has 0 bridgehead atoms. The molecule has 140 valence electrons. The van der Waals surface area contributed by atoms with Crippen LogP contribution in [-0.4, -0.2) is 51.5 Å². The third-order valence-corrected chi connectivity index (χ3v) is 6.35. The van der Waals surface area contributed by atoms with Crippen molar-refractivity contribution in [1.29, 1.82) is 0 Å². The molecule has 26 heavy (non-hydrogen) atoms. The van der Waals surface area contributed by atoms with Crippen molar-refractivity contribution in [3.05, 3.63) is 33.0 Å². The minimum Gasteiger partial charge on any atom is -0.477 e. The lowest BCUT2D eigenvalue weighted by Crippen LogP contribution is -2.52. The quantitative estimate of drug-likeness (QED) is 0.665. The summed E-state index contributed by atoms with van der Waals surface area (Å²) in [5, 5.41) is 12.9. The number of alkyl halides is 1. The molecule has 1 saturated heterocycles. The molecular weight excluding hydrogens is 399 g/mol. The number of H-pyrrole nitrogens is 1. The summed E-state index contributed by atoms with van der Waals surface area (Å²) in [5.41, 5.74) is 1.64. The van der Waals surface area contributed by atoms with Gasteiger partial charge in [-0.15, -0.1) is 11.6 Å². The number of carboxylic acids is 1. The number of nitrogens with zero attached hydrogens (tertiary/aromatic N) is 2. The highest BCUT2D eigenvalue weighted by Crippen LogP contribution is 2.29. The van der Waals surface area contributed by atoms with Crippen molar-refractivity contribution in [2.45, 2.75) is 31.7 Å². The van der Waals surface area contributed by atoms with Crippen LogP contribution < -0.4 is 10.2 Å². The molecule has 0 saturated carbocycles. The topological polar surface area (TPSA) is 98.3 Å². The number of aromatic nitrogens is 2. The lowest BCUT2D eigenvalue weighted by atomic mass is 10.0. The van der Waals surface area contributed by atoms with E-state index in [9.17, 15) is 9.59 Å². The fraction of sp³-hybridized carbons (Fsp3) is 0.438. The Labute approximate surface area is 164 Å². The number of hydrogen-bond acceptors (Lipinski definition) is 5. The number of carbonyl (C=O) groups is 2. The Morgan fingerprint density at radius 2 is 2.19 bits per heavy atom. The maximum absolute atomic E-state index is 12.3. The van der Waals surface area contributed by atoms with Gasteiger partial charge in [0.15, 0.2) is 5.13 Å². The molecule has 3 heterocycles. The van der Waals surface area contributed by atoms with Gasteiger partial charge in [-0.2, -0.15) is 0 Å². The third kappa shape index (κ3) is 3.82. The van der Waals surface area contributed by atoms with E-state index in [1.54, 1.807) is 19.9 Å². The van der Waals surface area contributed by atoms with Crippen molar-refractivity contribution in [2.75, 3.05) is 18.0 Å². The fourth-order valence-corrected chi connectivity index (χ4v) is 4.31. The van der Waals surface area contributed by atoms with E-state index < -0.39 is 5.97 Å². The summed E-state index contributed by atoms with van der Waals surface area (Å²) >= 11 is 13.6. The summed E-state index contributed by atoms with van der Waals surface area (Å²) in [4.78, 5) is 33.0. The smallest absolute Gasteiger partial charge is 0.347 e. The Balaban J connectivity index is 1.64. The summed E-state index contributed by atoms with van der Waals surface area (Å²) in [6.07, 6.45) is 0.633. The molecule has 3 N–H and O–H groups in total. The van der Waals surface area contributed by atoms with Gasteiger partial charge in [0.2, 0.25) is 0 Å². The average molecular weight is 417 g/mol. The maximum atomic E-state index is 12.3. The van der Waals surface area contributed by atoms with Crippen LogP contribution in [0.3, 0.4) is 0 Å². The predicted octanol–water partition coefficient (Wildman–Crippen LogP) is 3.06. The number of thiazole rings is 1. The summed E-state index contributed by atoms with van der Waals surface area (Å²) in [5.74, 6) is -1.22. The van der Waals surface area contributed by atoms with E-state index in [-0.39, 0.29) is 22.2 Å². The molecule has 2 atom stereocenters. The highest BCUT2D eigenvalue weighted by molar-refractivity contribution is 7.17. The zero-order valence-corrected chi connectivity index (χ0v) is 16.5. The Morgan fingerprint density at radius 3 is 2.73 bits per heavy atom. The van der Waals surface area contributed by atoms with Crippen LogP contribution in [0.15, 0.2) is 6.07 Å². The molecule has 3 rings (SSSR count). The lowest BCUT2D eigenvalue weighted by molar-refractivity contribution is 0.0700. The zero-order chi connectivity index (χ0) is 19.0. The predicted molar refractivity (Wildman–Crippen MR) is 102 cm³/mol. The number of aromatic amines is 1. The first-order chi connectivity index (χ1) is 12.3. The van der Waals surface area contributed by atoms with Crippen LogP contribution in [0.4, 0.5) is 5.13 Å². The molecule has 7 nitrogen and oxygen atoms in total. The van der Waals surface area contributed by atoms with Gasteiger partial charge < -0.3 is 20.3 Å². The van der Waals surface area contributed by atoms with Crippen LogP contribution in [0.25, 0.3) is 0 Å². The third-order valence-electron chi connectivity index (χ3n) is 4.30. The van der Waals surface area contributed by atoms with Crippen LogP contribution in [0.2, 0.25) is 5.02 Å². The van der Waals surface area contributed by atoms with Gasteiger partial charge in [-0.25, -0.2) is 9.78 Å². The van der Waals surface area contributed by atoms with E-state index in [1.807, 2.05) is 4.90 Å². The largest absolute Gasteiger partial charge is 0.477 e. The number of amides is 1. The molecule has 0 radical (unpaired) electrons. The SMILES string of the molecule is Cc1nc(N2CCC(NC(=O)c3cc(Cl)c(C)[nH]3)C(Cl)C2)sc1C(=O)O. The number of aromatic carboxylic acids is 1. The molecule has 1 aliphatic heterocycles. The molecule has 0 spiro atoms. The number of halogens is 2. The van der Waals surface area contributed by atoms with Gasteiger partial charge in [0, 0.05) is 24.8 Å². The number of piperidine rings is 1. The van der Waals surface area contributed by atoms with Gasteiger partial charge >= 0.3 is 5.97 Å². The van der Waals surface area contributed by atoms with Gasteiger partial charge in [0.05, 0.1) is 16.1 Å². The molecular formula is C16H18Cl2N4O3S. The number of anilines is 1. The first-order valence-corrected chi connectivity index (χ1v) is 9.65. The Hall–Kier alpha value is -1.77. The monoisotopic (exact) mass is 416 g/mol. The van der Waals surface area contributed by atoms with E-state index in [2.05, 4.69) is 15.3 Å². The van der Waals surface area contributed by atoms with E-state index in [4.69, 9.17) is 28.3 Å². The lowest BCUT2D eigenvalue weighted by Gasteiger charge is -2.35. The number of carbonyl (C=O) groups excluding carboxylic acids is 1. The molecule has 1 amide bonds. The molecule has 2 aromatic heterocycles. The fourth-order valence-electron chi connectivity index (χ4n) is 2.86. The average Bonchev–Trinajstić information content (AvgIpc) is 3.12. The van der Waals surface area contributed by atoms with Gasteiger partial charge in [0.25, 0.3) is 5.91 Å². The van der Waals surface area contributed by atoms with E-state index in [0.29, 0.717) is 41.1 Å². The molecule has 0 aromatic carbocycles. The van der Waals surface area contributed by atoms with Crippen LogP contribution in [0.5, 0.6) is 0 Å². The van der Waals surface area contributed by atoms with Crippen LogP contribution in [0, 0.1) is 13.8 Å². The van der Waals surface area contributed by atoms with Crippen LogP contribution in [-0.2, 0) is 0 Å². The van der Waals surface area contributed by atoms with E-state index in [1.165, 1.54) is 0 Å². The Morgan fingerprint density at radius 1 is 1.46 bits per heavy atom. The Bertz CT molecular complexity index is 831. The zero-order valence-electron chi connectivity index (χ0n) is 14.2. The second kappa shape index (κ2) is 7.46. The second-order valence-corrected chi connectivity index (χ2v) is 8.15. The molecule has 0 aliphatic carbocycles. The van der Waals surface area contributed by atoms with Crippen molar-refractivity contribution < 1.29 is 14.7 Å². The van der Waals surface area contributed by atoms with Crippen molar-refractivity contribution in [3.8, 4) is 0 Å². The van der Waals surface area contributed by atoms with Crippen molar-refractivity contribution >= 4 is 51.5 Å². The van der Waals surface area contributed by atoms with Gasteiger partial charge in [0.1, 0.15) is 10.6 Å². The highest BCUT2D eigenvalue weighted by Gasteiger charge is 2.31. The van der Waals surface area contributed by atoms with Gasteiger partial charge in [-0.3, -0.25) is 4.79 Å². The first kappa shape index (κ1) is 19.0. The minimum atomic E-state index is -0.976. The maximum Gasteiger partial charge on any atom is 0.347 e. The second-order valence-electron chi connectivity index (χ2n) is 6.20. The minimum absolute atomic E-state index is 0.192. The number of carboxylic acid groups (broad SMARTS) is 1. The number of hydrogen-bond donors (Lipinski definition) is 3. The van der Waals surface area contributed by atoms with Crippen molar-refractivity contribution in [2.24, 2.45) is 0 Å². The first-order valence-electron chi connectivity index (χ1n) is 8.02. The summed E-state index contributed by atoms with van der Waals surface area (Å²) in [6, 6.07) is 1.40. The standard InChI is InChI=1S/C16H18Cl2N4O3S/c1-7-9(17)5-12(19-7)14(23)21-11-3-4-22(6-10(11)18)16-20-8(2)13(26-16)15(24)25/h5,10-11,19H,3-4,6H2,1-2H3,(H,21,23)(H,24,25). The number of rotatable bonds is 4. The number of aryl methyl sites for hydroxylation is 2. The van der Waals surface area contributed by atoms with Gasteiger partial charge in [-0.1, -0.05) is 22.9 Å². The van der Waals surface area contributed by atoms with Crippen LogP contribution >= 0.6 is 34.5 Å². The molecule has 2 unspecified atom stereocenters. The molecule has 10 heteroatoms. The van der Waals surface area contributed by atoms with Crippen molar-refractivity contribution in [1.82, 2.24) is 15.3 Å². The molecule has 2 aromatic rings. The summed E-state index contributed by atoms with van der Waals surface area (Å²) in [7, 11) is 0. The van der Waals surface area contributed by atoms with E-state index >= 15 is 0 Å². The highest BCUT2D eigenvalue weighted by atomic mass is 35.5. The Kier molecular flexibility index (Phi) is 5.45. The van der Waals surface area contributed by atoms with Gasteiger partial charge in [-0.05, 0) is 26.3 Å². The summed E-state index contributed by atoms with van der Waals surface area (Å²) < 4.78 is 0. The normalized spacial score (nSPS) is 20.2. The van der Waals surface area contributed by atoms with Crippen LogP contribution in [0.1, 0.15) is 38.0 Å². The van der Waals surface area contributed by atoms with Crippen molar-refractivity contribution in [3.63, 3.8) is 0 Å². The summed E-state index contributed by atoms with van der Waals surface area (Å²) in [6.45, 7) is 4.58.